The molecule has 2 N–H and O–H groups in total. The van der Waals surface area contributed by atoms with E-state index in [2.05, 4.69) is 20.8 Å². The molecule has 0 bridgehead atoms. The Morgan fingerprint density at radius 3 is 2.62 bits per heavy atom. The zero-order valence-electron chi connectivity index (χ0n) is 8.14. The van der Waals surface area contributed by atoms with Crippen LogP contribution in [0.2, 0.25) is 0 Å². The molecule has 2 rings (SSSR count). The Hall–Kier alpha value is -0.910. The largest absolute Gasteiger partial charge is 0.370 e. The minimum absolute atomic E-state index is 0. The highest BCUT2D eigenvalue weighted by Crippen LogP contribution is 2.25. The first-order chi connectivity index (χ1) is 7.22. The van der Waals surface area contributed by atoms with Crippen LogP contribution >= 0.6 is 32.9 Å². The Morgan fingerprint density at radius 2 is 1.94 bits per heavy atom. The minimum Gasteiger partial charge on any atom is -0.370 e. The Balaban J connectivity index is 0.00000128. The third kappa shape index (κ3) is 2.42. The fraction of sp³-hybridized carbons (Fsp3) is 0. The molecule has 0 heterocycles. The number of fused-ring (bicyclic) bond motifs is 1. The Labute approximate surface area is 111 Å². The molecule has 84 valence electrons. The number of halogens is 2. The number of benzene rings is 2. The van der Waals surface area contributed by atoms with Gasteiger partial charge in [-0.3, -0.25) is 0 Å². The van der Waals surface area contributed by atoms with E-state index in [9.17, 15) is 4.79 Å². The van der Waals surface area contributed by atoms with Gasteiger partial charge in [-0.2, -0.15) is 5.90 Å². The number of carbonyl (C=O) groups is 1. The molecule has 0 spiro atoms. The number of hydrogen-bond acceptors (Lipinski definition) is 3. The van der Waals surface area contributed by atoms with E-state index in [0.29, 0.717) is 5.56 Å². The number of nitrogens with two attached hydrogens (primary N) is 1. The molecule has 2 aromatic rings. The number of carbonyl (C=O) groups excluding carboxylic acids is 1. The molecule has 0 aliphatic carbocycles. The molecule has 0 aliphatic rings. The number of rotatable bonds is 1. The number of hydrogen-bond donors (Lipinski definition) is 1. The molecule has 0 amide bonds. The first-order valence-electron chi connectivity index (χ1n) is 4.31. The predicted molar refractivity (Wildman–Crippen MR) is 71.6 cm³/mol. The molecule has 0 unspecified atom stereocenters. The molecule has 0 saturated carbocycles. The highest BCUT2D eigenvalue weighted by atomic mass is 79.9. The van der Waals surface area contributed by atoms with Crippen LogP contribution in [0.4, 0.5) is 0 Å². The second kappa shape index (κ2) is 5.43. The molecule has 16 heavy (non-hydrogen) atoms. The van der Waals surface area contributed by atoms with E-state index in [-0.39, 0.29) is 17.0 Å². The van der Waals surface area contributed by atoms with Crippen molar-refractivity contribution in [2.24, 2.45) is 5.90 Å². The topological polar surface area (TPSA) is 52.3 Å². The van der Waals surface area contributed by atoms with E-state index >= 15 is 0 Å². The maximum Gasteiger partial charge on any atom is 0.356 e. The summed E-state index contributed by atoms with van der Waals surface area (Å²) in [7, 11) is 0. The summed E-state index contributed by atoms with van der Waals surface area (Å²) in [4.78, 5) is 15.4. The van der Waals surface area contributed by atoms with Gasteiger partial charge in [0.15, 0.2) is 0 Å². The average molecular weight is 347 g/mol. The third-order valence-corrected chi connectivity index (χ3v) is 2.81. The van der Waals surface area contributed by atoms with Gasteiger partial charge in [-0.25, -0.2) is 4.79 Å². The lowest BCUT2D eigenvalue weighted by molar-refractivity contribution is 0.0503. The van der Waals surface area contributed by atoms with Crippen molar-refractivity contribution in [3.63, 3.8) is 0 Å². The SMILES string of the molecule is Br.NOC(=O)c1cc(Br)c2ccccc2c1. The third-order valence-electron chi connectivity index (χ3n) is 2.15. The molecule has 0 saturated heterocycles. The second-order valence-corrected chi connectivity index (χ2v) is 3.94. The van der Waals surface area contributed by atoms with Gasteiger partial charge >= 0.3 is 5.97 Å². The van der Waals surface area contributed by atoms with E-state index in [1.807, 2.05) is 24.3 Å². The zero-order valence-corrected chi connectivity index (χ0v) is 11.4. The van der Waals surface area contributed by atoms with Crippen LogP contribution in [0.25, 0.3) is 10.8 Å². The van der Waals surface area contributed by atoms with Crippen LogP contribution in [0.15, 0.2) is 40.9 Å². The Morgan fingerprint density at radius 1 is 1.25 bits per heavy atom. The molecule has 3 nitrogen and oxygen atoms in total. The van der Waals surface area contributed by atoms with Crippen molar-refractivity contribution in [1.29, 1.82) is 0 Å². The van der Waals surface area contributed by atoms with Crippen molar-refractivity contribution in [1.82, 2.24) is 0 Å². The molecule has 5 heteroatoms. The quantitative estimate of drug-likeness (QED) is 0.806. The van der Waals surface area contributed by atoms with Crippen molar-refractivity contribution >= 4 is 49.7 Å². The molecule has 0 aliphatic heterocycles. The van der Waals surface area contributed by atoms with Crippen LogP contribution in [0, 0.1) is 0 Å². The van der Waals surface area contributed by atoms with Gasteiger partial charge in [0.05, 0.1) is 5.56 Å². The Kier molecular flexibility index (Phi) is 4.46. The van der Waals surface area contributed by atoms with E-state index in [0.717, 1.165) is 15.2 Å². The summed E-state index contributed by atoms with van der Waals surface area (Å²) in [6.07, 6.45) is 0. The van der Waals surface area contributed by atoms with Crippen molar-refractivity contribution in [3.05, 3.63) is 46.4 Å². The van der Waals surface area contributed by atoms with Crippen LogP contribution in [0.1, 0.15) is 10.4 Å². The molecule has 0 atom stereocenters. The fourth-order valence-electron chi connectivity index (χ4n) is 1.45. The lowest BCUT2D eigenvalue weighted by atomic mass is 10.1. The van der Waals surface area contributed by atoms with E-state index in [1.165, 1.54) is 0 Å². The standard InChI is InChI=1S/C11H8BrNO2.BrH/c12-10-6-8(11(14)15-13)5-7-3-1-2-4-9(7)10;/h1-6H,13H2;1H. The van der Waals surface area contributed by atoms with Gasteiger partial charge in [0, 0.05) is 4.47 Å². The maximum atomic E-state index is 11.2. The van der Waals surface area contributed by atoms with Gasteiger partial charge in [-0.15, -0.1) is 17.0 Å². The summed E-state index contributed by atoms with van der Waals surface area (Å²) >= 11 is 3.40. The molecule has 0 fully saturated rings. The van der Waals surface area contributed by atoms with Crippen LogP contribution in [-0.4, -0.2) is 5.97 Å². The maximum absolute atomic E-state index is 11.2. The smallest absolute Gasteiger partial charge is 0.356 e. The summed E-state index contributed by atoms with van der Waals surface area (Å²) in [5.41, 5.74) is 0.433. The first-order valence-corrected chi connectivity index (χ1v) is 5.11. The predicted octanol–water partition coefficient (Wildman–Crippen LogP) is 3.21. The van der Waals surface area contributed by atoms with Crippen LogP contribution < -0.4 is 5.90 Å². The van der Waals surface area contributed by atoms with Gasteiger partial charge in [0.2, 0.25) is 0 Å². The zero-order chi connectivity index (χ0) is 10.8. The van der Waals surface area contributed by atoms with E-state index < -0.39 is 5.97 Å². The van der Waals surface area contributed by atoms with Crippen molar-refractivity contribution in [2.75, 3.05) is 0 Å². The van der Waals surface area contributed by atoms with Crippen molar-refractivity contribution in [2.45, 2.75) is 0 Å². The van der Waals surface area contributed by atoms with Crippen molar-refractivity contribution in [3.8, 4) is 0 Å². The molecule has 0 aromatic heterocycles. The molecular formula is C11H9Br2NO2. The van der Waals surface area contributed by atoms with Crippen LogP contribution in [0.5, 0.6) is 0 Å². The van der Waals surface area contributed by atoms with Crippen LogP contribution in [-0.2, 0) is 4.84 Å². The average Bonchev–Trinajstić information content (AvgIpc) is 2.28. The first kappa shape index (κ1) is 13.2. The highest BCUT2D eigenvalue weighted by Gasteiger charge is 2.08. The van der Waals surface area contributed by atoms with Gasteiger partial charge in [-0.1, -0.05) is 40.2 Å². The highest BCUT2D eigenvalue weighted by molar-refractivity contribution is 9.10. The summed E-state index contributed by atoms with van der Waals surface area (Å²) < 4.78 is 0.848. The summed E-state index contributed by atoms with van der Waals surface area (Å²) in [6.45, 7) is 0. The molecule has 0 radical (unpaired) electrons. The van der Waals surface area contributed by atoms with Gasteiger partial charge < -0.3 is 4.84 Å². The fourth-order valence-corrected chi connectivity index (χ4v) is 2.06. The lowest BCUT2D eigenvalue weighted by Gasteiger charge is -2.03. The minimum atomic E-state index is -0.540. The normalized spacial score (nSPS) is 9.62. The second-order valence-electron chi connectivity index (χ2n) is 3.08. The van der Waals surface area contributed by atoms with Crippen LogP contribution in [0.3, 0.4) is 0 Å². The summed E-state index contributed by atoms with van der Waals surface area (Å²) in [5.74, 6) is 4.29. The van der Waals surface area contributed by atoms with E-state index in [1.54, 1.807) is 12.1 Å². The summed E-state index contributed by atoms with van der Waals surface area (Å²) in [5, 5.41) is 2.01. The van der Waals surface area contributed by atoms with Gasteiger partial charge in [0.25, 0.3) is 0 Å². The van der Waals surface area contributed by atoms with E-state index in [4.69, 9.17) is 5.90 Å². The Bertz CT molecular complexity index is 528. The molecular weight excluding hydrogens is 338 g/mol. The van der Waals surface area contributed by atoms with Crippen molar-refractivity contribution < 1.29 is 9.63 Å². The lowest BCUT2D eigenvalue weighted by Crippen LogP contribution is -2.09. The molecule has 2 aromatic carbocycles. The van der Waals surface area contributed by atoms with Gasteiger partial charge in [-0.05, 0) is 22.9 Å². The monoisotopic (exact) mass is 345 g/mol. The summed E-state index contributed by atoms with van der Waals surface area (Å²) in [6, 6.07) is 11.2. The van der Waals surface area contributed by atoms with Gasteiger partial charge in [0.1, 0.15) is 0 Å².